The van der Waals surface area contributed by atoms with Gasteiger partial charge in [0, 0.05) is 26.3 Å². The van der Waals surface area contributed by atoms with Crippen LogP contribution in [0.2, 0.25) is 0 Å². The molecule has 0 bridgehead atoms. The monoisotopic (exact) mass is 302 g/mol. The molecule has 0 saturated carbocycles. The molecule has 1 aliphatic heterocycles. The fraction of sp³-hybridized carbons (Fsp3) is 0.647. The van der Waals surface area contributed by atoms with Crippen molar-refractivity contribution in [3.63, 3.8) is 0 Å². The quantitative estimate of drug-likeness (QED) is 0.868. The van der Waals surface area contributed by atoms with E-state index in [9.17, 15) is 4.79 Å². The van der Waals surface area contributed by atoms with Gasteiger partial charge in [-0.15, -0.1) is 0 Å². The van der Waals surface area contributed by atoms with Gasteiger partial charge in [0.2, 0.25) is 0 Å². The molecule has 1 fully saturated rings. The van der Waals surface area contributed by atoms with E-state index >= 15 is 0 Å². The average Bonchev–Trinajstić information content (AvgIpc) is 3.05. The molecule has 2 aliphatic rings. The summed E-state index contributed by atoms with van der Waals surface area (Å²) in [5.74, 6) is 0.697. The lowest BCUT2D eigenvalue weighted by atomic mass is 9.93. The Morgan fingerprint density at radius 2 is 2.32 bits per heavy atom. The Balaban J connectivity index is 1.59. The zero-order valence-corrected chi connectivity index (χ0v) is 13.4. The van der Waals surface area contributed by atoms with Crippen molar-refractivity contribution in [2.45, 2.75) is 38.1 Å². The van der Waals surface area contributed by atoms with E-state index in [0.29, 0.717) is 11.7 Å². The first-order valence-electron chi connectivity index (χ1n) is 8.41. The third-order valence-corrected chi connectivity index (χ3v) is 4.82. The van der Waals surface area contributed by atoms with Crippen LogP contribution >= 0.6 is 0 Å². The standard InChI is InChI=1S/C17H26N4O/c1-18-17(22)16-9-11-21(19-16)15-8-5-10-20(13-15)12-14-6-3-2-4-7-14/h2-3,9,11,14-15H,4-8,10,12-13H2,1H3,(H,18,22)/t14-,15-/m1/s1. The van der Waals surface area contributed by atoms with Crippen molar-refractivity contribution < 1.29 is 4.79 Å². The van der Waals surface area contributed by atoms with Crippen molar-refractivity contribution in [1.82, 2.24) is 20.0 Å². The highest BCUT2D eigenvalue weighted by molar-refractivity contribution is 5.91. The smallest absolute Gasteiger partial charge is 0.271 e. The lowest BCUT2D eigenvalue weighted by molar-refractivity contribution is 0.0955. The van der Waals surface area contributed by atoms with E-state index in [2.05, 4.69) is 27.5 Å². The highest BCUT2D eigenvalue weighted by Gasteiger charge is 2.24. The minimum absolute atomic E-state index is 0.111. The van der Waals surface area contributed by atoms with Crippen LogP contribution in [0.3, 0.4) is 0 Å². The topological polar surface area (TPSA) is 50.2 Å². The van der Waals surface area contributed by atoms with Crippen LogP contribution in [0.4, 0.5) is 0 Å². The van der Waals surface area contributed by atoms with Gasteiger partial charge in [-0.2, -0.15) is 5.10 Å². The van der Waals surface area contributed by atoms with Crippen LogP contribution in [0.25, 0.3) is 0 Å². The van der Waals surface area contributed by atoms with E-state index in [4.69, 9.17) is 0 Å². The molecule has 2 heterocycles. The number of amides is 1. The van der Waals surface area contributed by atoms with Crippen molar-refractivity contribution in [3.05, 3.63) is 30.1 Å². The number of aromatic nitrogens is 2. The van der Waals surface area contributed by atoms with Crippen LogP contribution in [0.1, 0.15) is 48.6 Å². The van der Waals surface area contributed by atoms with Crippen molar-refractivity contribution in [1.29, 1.82) is 0 Å². The summed E-state index contributed by atoms with van der Waals surface area (Å²) in [5, 5.41) is 7.08. The van der Waals surface area contributed by atoms with E-state index in [1.165, 1.54) is 38.8 Å². The number of carbonyl (C=O) groups is 1. The summed E-state index contributed by atoms with van der Waals surface area (Å²) in [7, 11) is 1.64. The number of nitrogens with one attached hydrogen (secondary N) is 1. The van der Waals surface area contributed by atoms with Crippen molar-refractivity contribution >= 4 is 5.91 Å². The minimum Gasteiger partial charge on any atom is -0.354 e. The third kappa shape index (κ3) is 3.58. The summed E-state index contributed by atoms with van der Waals surface area (Å²) in [6.45, 7) is 3.44. The first-order valence-corrected chi connectivity index (χ1v) is 8.41. The van der Waals surface area contributed by atoms with Crippen LogP contribution in [-0.4, -0.2) is 47.3 Å². The highest BCUT2D eigenvalue weighted by atomic mass is 16.1. The molecule has 0 spiro atoms. The second kappa shape index (κ2) is 7.09. The van der Waals surface area contributed by atoms with Gasteiger partial charge in [-0.25, -0.2) is 0 Å². The number of nitrogens with zero attached hydrogens (tertiary/aromatic N) is 3. The van der Waals surface area contributed by atoms with E-state index in [1.807, 2.05) is 16.9 Å². The number of hydrogen-bond acceptors (Lipinski definition) is 3. The van der Waals surface area contributed by atoms with Crippen molar-refractivity contribution in [2.24, 2.45) is 5.92 Å². The Bertz CT molecular complexity index is 537. The van der Waals surface area contributed by atoms with Gasteiger partial charge in [-0.3, -0.25) is 9.48 Å². The van der Waals surface area contributed by atoms with Crippen molar-refractivity contribution in [2.75, 3.05) is 26.7 Å². The fourth-order valence-electron chi connectivity index (χ4n) is 3.59. The molecular weight excluding hydrogens is 276 g/mol. The molecule has 1 N–H and O–H groups in total. The first-order chi connectivity index (χ1) is 10.8. The summed E-state index contributed by atoms with van der Waals surface area (Å²) in [6, 6.07) is 2.20. The Labute approximate surface area is 132 Å². The summed E-state index contributed by atoms with van der Waals surface area (Å²) in [4.78, 5) is 14.2. The van der Waals surface area contributed by atoms with E-state index < -0.39 is 0 Å². The maximum Gasteiger partial charge on any atom is 0.271 e. The Hall–Kier alpha value is -1.62. The van der Waals surface area contributed by atoms with Gasteiger partial charge in [-0.1, -0.05) is 12.2 Å². The zero-order chi connectivity index (χ0) is 15.4. The van der Waals surface area contributed by atoms with Crippen molar-refractivity contribution in [3.8, 4) is 0 Å². The molecule has 1 aromatic heterocycles. The molecule has 1 amide bonds. The fourth-order valence-corrected chi connectivity index (χ4v) is 3.59. The molecule has 5 nitrogen and oxygen atoms in total. The van der Waals surface area contributed by atoms with Crippen LogP contribution in [0, 0.1) is 5.92 Å². The third-order valence-electron chi connectivity index (χ3n) is 4.82. The second-order valence-corrected chi connectivity index (χ2v) is 6.47. The molecule has 1 aliphatic carbocycles. The van der Waals surface area contributed by atoms with Gasteiger partial charge in [0.25, 0.3) is 5.91 Å². The molecule has 3 rings (SSSR count). The highest BCUT2D eigenvalue weighted by Crippen LogP contribution is 2.25. The predicted molar refractivity (Wildman–Crippen MR) is 86.8 cm³/mol. The van der Waals surface area contributed by atoms with E-state index in [-0.39, 0.29) is 5.91 Å². The number of piperidine rings is 1. The predicted octanol–water partition coefficient (Wildman–Crippen LogP) is 2.24. The minimum atomic E-state index is -0.111. The van der Waals surface area contributed by atoms with Crippen LogP contribution in [-0.2, 0) is 0 Å². The van der Waals surface area contributed by atoms with E-state index in [1.54, 1.807) is 7.05 Å². The molecule has 1 saturated heterocycles. The van der Waals surface area contributed by atoms with Gasteiger partial charge < -0.3 is 10.2 Å². The first kappa shape index (κ1) is 15.3. The Morgan fingerprint density at radius 3 is 3.09 bits per heavy atom. The summed E-state index contributed by atoms with van der Waals surface area (Å²) in [6.07, 6.45) is 12.7. The Kier molecular flexibility index (Phi) is 4.93. The molecular formula is C17H26N4O. The summed E-state index contributed by atoms with van der Waals surface area (Å²) < 4.78 is 1.98. The molecule has 0 aromatic carbocycles. The SMILES string of the molecule is CNC(=O)c1ccn([C@@H]2CCCN(C[C@@H]3CC=CCC3)C2)n1. The second-order valence-electron chi connectivity index (χ2n) is 6.47. The number of rotatable bonds is 4. The summed E-state index contributed by atoms with van der Waals surface area (Å²) >= 11 is 0. The lowest BCUT2D eigenvalue weighted by Crippen LogP contribution is -2.39. The number of allylic oxidation sites excluding steroid dienone is 2. The van der Waals surface area contributed by atoms with Crippen LogP contribution < -0.4 is 5.32 Å². The summed E-state index contributed by atoms with van der Waals surface area (Å²) in [5.41, 5.74) is 0.511. The van der Waals surface area contributed by atoms with Crippen LogP contribution in [0.15, 0.2) is 24.4 Å². The molecule has 120 valence electrons. The molecule has 2 atom stereocenters. The zero-order valence-electron chi connectivity index (χ0n) is 13.4. The molecule has 1 aromatic rings. The largest absolute Gasteiger partial charge is 0.354 e. The normalized spacial score (nSPS) is 26.0. The lowest BCUT2D eigenvalue weighted by Gasteiger charge is -2.35. The molecule has 0 radical (unpaired) electrons. The number of hydrogen-bond donors (Lipinski definition) is 1. The van der Waals surface area contributed by atoms with Gasteiger partial charge in [0.15, 0.2) is 0 Å². The average molecular weight is 302 g/mol. The number of carbonyl (C=O) groups excluding carboxylic acids is 1. The van der Waals surface area contributed by atoms with Gasteiger partial charge >= 0.3 is 0 Å². The van der Waals surface area contributed by atoms with Gasteiger partial charge in [-0.05, 0) is 50.6 Å². The molecule has 0 unspecified atom stereocenters. The van der Waals surface area contributed by atoms with Gasteiger partial charge in [0.1, 0.15) is 5.69 Å². The molecule has 5 heteroatoms. The van der Waals surface area contributed by atoms with E-state index in [0.717, 1.165) is 18.9 Å². The maximum absolute atomic E-state index is 11.6. The van der Waals surface area contributed by atoms with Crippen LogP contribution in [0.5, 0.6) is 0 Å². The maximum atomic E-state index is 11.6. The molecule has 22 heavy (non-hydrogen) atoms. The number of likely N-dealkylation sites (tertiary alicyclic amines) is 1. The van der Waals surface area contributed by atoms with Gasteiger partial charge in [0.05, 0.1) is 6.04 Å². The Morgan fingerprint density at radius 1 is 1.41 bits per heavy atom.